The molecule has 0 radical (unpaired) electrons. The van der Waals surface area contributed by atoms with Crippen LogP contribution in [0, 0.1) is 17.6 Å². The van der Waals surface area contributed by atoms with Crippen LogP contribution in [-0.2, 0) is 0 Å². The molecule has 82 valence electrons. The highest BCUT2D eigenvalue weighted by atomic mass is 32.2. The van der Waals surface area contributed by atoms with Crippen molar-refractivity contribution in [3.8, 4) is 0 Å². The molecule has 0 spiro atoms. The Morgan fingerprint density at radius 2 is 1.80 bits per heavy atom. The second-order valence-electron chi connectivity index (χ2n) is 3.17. The first-order valence-electron chi connectivity index (χ1n) is 4.52. The Morgan fingerprint density at radius 3 is 2.47 bits per heavy atom. The molecule has 1 aliphatic heterocycles. The largest absolute Gasteiger partial charge is 0.352 e. The van der Waals surface area contributed by atoms with Gasteiger partial charge in [-0.25, -0.2) is 8.78 Å². The fourth-order valence-corrected chi connectivity index (χ4v) is 2.34. The Balaban J connectivity index is 2.30. The van der Waals surface area contributed by atoms with Crippen LogP contribution < -0.4 is 4.90 Å². The summed E-state index contributed by atoms with van der Waals surface area (Å²) >= 11 is 1.75. The lowest BCUT2D eigenvalue weighted by molar-refractivity contribution is 0.463. The third-order valence-electron chi connectivity index (χ3n) is 2.18. The summed E-state index contributed by atoms with van der Waals surface area (Å²) in [5.41, 5.74) is 0. The van der Waals surface area contributed by atoms with Gasteiger partial charge in [0.25, 0.3) is 5.95 Å². The zero-order chi connectivity index (χ0) is 10.8. The zero-order valence-corrected chi connectivity index (χ0v) is 8.66. The van der Waals surface area contributed by atoms with Crippen LogP contribution in [-0.4, -0.2) is 29.6 Å². The lowest BCUT2D eigenvalue weighted by Gasteiger charge is -2.27. The lowest BCUT2D eigenvalue weighted by atomic mass is 10.3. The van der Waals surface area contributed by atoms with Crippen LogP contribution in [0.5, 0.6) is 0 Å². The molecule has 0 unspecified atom stereocenters. The van der Waals surface area contributed by atoms with Gasteiger partial charge in [0, 0.05) is 30.7 Å². The number of halogens is 3. The molecule has 2 nitrogen and oxygen atoms in total. The van der Waals surface area contributed by atoms with E-state index in [2.05, 4.69) is 4.98 Å². The van der Waals surface area contributed by atoms with Crippen LogP contribution in [0.2, 0.25) is 0 Å². The maximum Gasteiger partial charge on any atom is 0.251 e. The summed E-state index contributed by atoms with van der Waals surface area (Å²) < 4.78 is 38.8. The van der Waals surface area contributed by atoms with Crippen molar-refractivity contribution in [2.75, 3.05) is 29.5 Å². The van der Waals surface area contributed by atoms with E-state index < -0.39 is 17.6 Å². The van der Waals surface area contributed by atoms with Crippen molar-refractivity contribution in [2.24, 2.45) is 0 Å². The van der Waals surface area contributed by atoms with Gasteiger partial charge in [-0.1, -0.05) is 0 Å². The number of nitrogens with zero attached hydrogens (tertiary/aromatic N) is 2. The molecule has 0 N–H and O–H groups in total. The number of hydrogen-bond donors (Lipinski definition) is 0. The highest BCUT2D eigenvalue weighted by Crippen LogP contribution is 2.21. The van der Waals surface area contributed by atoms with Gasteiger partial charge in [0.05, 0.1) is 0 Å². The highest BCUT2D eigenvalue weighted by Gasteiger charge is 2.19. The first-order chi connectivity index (χ1) is 7.18. The average molecular weight is 234 g/mol. The Bertz CT molecular complexity index is 367. The second-order valence-corrected chi connectivity index (χ2v) is 4.39. The first-order valence-corrected chi connectivity index (χ1v) is 5.68. The van der Waals surface area contributed by atoms with Crippen molar-refractivity contribution in [3.05, 3.63) is 23.6 Å². The van der Waals surface area contributed by atoms with E-state index in [0.717, 1.165) is 11.5 Å². The van der Waals surface area contributed by atoms with Crippen LogP contribution in [0.25, 0.3) is 0 Å². The molecule has 0 saturated carbocycles. The molecule has 15 heavy (non-hydrogen) atoms. The van der Waals surface area contributed by atoms with Crippen molar-refractivity contribution < 1.29 is 13.2 Å². The molecule has 2 rings (SSSR count). The van der Waals surface area contributed by atoms with Crippen molar-refractivity contribution >= 4 is 17.6 Å². The van der Waals surface area contributed by atoms with Crippen LogP contribution >= 0.6 is 11.8 Å². The Kier molecular flexibility index (Phi) is 3.04. The van der Waals surface area contributed by atoms with Crippen LogP contribution in [0.3, 0.4) is 0 Å². The van der Waals surface area contributed by atoms with E-state index in [1.54, 1.807) is 16.7 Å². The maximum absolute atomic E-state index is 13.3. The van der Waals surface area contributed by atoms with E-state index in [4.69, 9.17) is 0 Å². The number of aromatic nitrogens is 1. The zero-order valence-electron chi connectivity index (χ0n) is 7.84. The van der Waals surface area contributed by atoms with Gasteiger partial charge in [-0.3, -0.25) is 0 Å². The van der Waals surface area contributed by atoms with Gasteiger partial charge in [0.1, 0.15) is 0 Å². The number of hydrogen-bond acceptors (Lipinski definition) is 3. The summed E-state index contributed by atoms with van der Waals surface area (Å²) in [7, 11) is 0. The predicted molar refractivity (Wildman–Crippen MR) is 53.6 cm³/mol. The minimum absolute atomic E-state index is 0.0887. The molecule has 1 saturated heterocycles. The molecule has 1 aliphatic rings. The topological polar surface area (TPSA) is 16.1 Å². The fraction of sp³-hybridized carbons (Fsp3) is 0.444. The summed E-state index contributed by atoms with van der Waals surface area (Å²) in [5.74, 6) is -1.69. The molecule has 6 heteroatoms. The molecular formula is C9H9F3N2S. The molecule has 1 aromatic heterocycles. The standard InChI is InChI=1S/C9H9F3N2S/c10-6-5-7(11)9(13-8(6)12)14-1-3-15-4-2-14/h5H,1-4H2. The molecule has 0 bridgehead atoms. The normalized spacial score (nSPS) is 16.9. The van der Waals surface area contributed by atoms with Gasteiger partial charge in [-0.05, 0) is 0 Å². The summed E-state index contributed by atoms with van der Waals surface area (Å²) in [5, 5.41) is 0. The summed E-state index contributed by atoms with van der Waals surface area (Å²) in [6.07, 6.45) is 0. The molecule has 1 fully saturated rings. The second kappa shape index (κ2) is 4.30. The van der Waals surface area contributed by atoms with Crippen molar-refractivity contribution in [1.29, 1.82) is 0 Å². The molecule has 1 aromatic rings. The number of anilines is 1. The van der Waals surface area contributed by atoms with Gasteiger partial charge in [-0.15, -0.1) is 0 Å². The van der Waals surface area contributed by atoms with Crippen LogP contribution in [0.1, 0.15) is 0 Å². The van der Waals surface area contributed by atoms with Gasteiger partial charge >= 0.3 is 0 Å². The quantitative estimate of drug-likeness (QED) is 0.692. The summed E-state index contributed by atoms with van der Waals surface area (Å²) in [4.78, 5) is 4.93. The van der Waals surface area contributed by atoms with E-state index in [9.17, 15) is 13.2 Å². The minimum atomic E-state index is -1.25. The molecule has 0 aliphatic carbocycles. The van der Waals surface area contributed by atoms with E-state index in [1.165, 1.54) is 0 Å². The van der Waals surface area contributed by atoms with Gasteiger partial charge in [-0.2, -0.15) is 21.1 Å². The SMILES string of the molecule is Fc1cc(F)c(N2CCSCC2)nc1F. The third kappa shape index (κ3) is 2.19. The van der Waals surface area contributed by atoms with Gasteiger partial charge in [0.2, 0.25) is 0 Å². The molecule has 0 amide bonds. The fourth-order valence-electron chi connectivity index (χ4n) is 1.43. The smallest absolute Gasteiger partial charge is 0.251 e. The molecule has 0 aromatic carbocycles. The Hall–Kier alpha value is -0.910. The Labute approximate surface area is 89.5 Å². The number of thioether (sulfide) groups is 1. The Morgan fingerprint density at radius 1 is 1.13 bits per heavy atom. The molecule has 2 heterocycles. The van der Waals surface area contributed by atoms with Crippen molar-refractivity contribution in [3.63, 3.8) is 0 Å². The average Bonchev–Trinajstić information content (AvgIpc) is 2.25. The third-order valence-corrected chi connectivity index (χ3v) is 3.12. The van der Waals surface area contributed by atoms with E-state index >= 15 is 0 Å². The predicted octanol–water partition coefficient (Wildman–Crippen LogP) is 2.05. The first kappa shape index (κ1) is 10.6. The van der Waals surface area contributed by atoms with Crippen molar-refractivity contribution in [2.45, 2.75) is 0 Å². The highest BCUT2D eigenvalue weighted by molar-refractivity contribution is 7.99. The van der Waals surface area contributed by atoms with Crippen LogP contribution in [0.4, 0.5) is 19.0 Å². The number of pyridine rings is 1. The monoisotopic (exact) mass is 234 g/mol. The van der Waals surface area contributed by atoms with E-state index in [1.807, 2.05) is 0 Å². The van der Waals surface area contributed by atoms with Crippen LogP contribution in [0.15, 0.2) is 6.07 Å². The maximum atomic E-state index is 13.3. The molecule has 0 atom stereocenters. The van der Waals surface area contributed by atoms with E-state index in [-0.39, 0.29) is 5.82 Å². The van der Waals surface area contributed by atoms with Gasteiger partial charge < -0.3 is 4.90 Å². The van der Waals surface area contributed by atoms with Crippen molar-refractivity contribution in [1.82, 2.24) is 4.98 Å². The number of rotatable bonds is 1. The lowest BCUT2D eigenvalue weighted by Crippen LogP contribution is -2.34. The molecular weight excluding hydrogens is 225 g/mol. The summed E-state index contributed by atoms with van der Waals surface area (Å²) in [6.45, 7) is 1.22. The summed E-state index contributed by atoms with van der Waals surface area (Å²) in [6, 6.07) is 0.541. The van der Waals surface area contributed by atoms with Gasteiger partial charge in [0.15, 0.2) is 17.5 Å². The van der Waals surface area contributed by atoms with E-state index in [0.29, 0.717) is 19.2 Å². The minimum Gasteiger partial charge on any atom is -0.352 e.